The van der Waals surface area contributed by atoms with Gasteiger partial charge in [0.15, 0.2) is 0 Å². The van der Waals surface area contributed by atoms with Gasteiger partial charge in [0.2, 0.25) is 0 Å². The van der Waals surface area contributed by atoms with Gasteiger partial charge in [-0.2, -0.15) is 8.78 Å². The number of carbonyl (C=O) groups excluding carboxylic acids is 1. The average molecular weight is 288 g/mol. The van der Waals surface area contributed by atoms with Crippen molar-refractivity contribution in [3.63, 3.8) is 0 Å². The lowest BCUT2D eigenvalue weighted by Crippen LogP contribution is -2.38. The summed E-state index contributed by atoms with van der Waals surface area (Å²) in [5.41, 5.74) is 0.348. The number of nitrogens with one attached hydrogen (secondary N) is 1. The zero-order valence-electron chi connectivity index (χ0n) is 10.7. The number of urea groups is 1. The second-order valence-electron chi connectivity index (χ2n) is 3.74. The predicted octanol–water partition coefficient (Wildman–Crippen LogP) is 2.23. The molecule has 0 spiro atoms. The van der Waals surface area contributed by atoms with Crippen molar-refractivity contribution < 1.29 is 28.2 Å². The molecule has 2 N–H and O–H groups in total. The van der Waals surface area contributed by atoms with Gasteiger partial charge in [-0.3, -0.25) is 4.79 Å². The van der Waals surface area contributed by atoms with Crippen LogP contribution in [0.25, 0.3) is 0 Å². The third kappa shape index (κ3) is 5.09. The molecule has 1 rings (SSSR count). The van der Waals surface area contributed by atoms with Crippen LogP contribution < -0.4 is 10.1 Å². The Morgan fingerprint density at radius 1 is 1.35 bits per heavy atom. The first-order valence-electron chi connectivity index (χ1n) is 5.75. The molecule has 2 amide bonds. The van der Waals surface area contributed by atoms with E-state index in [-0.39, 0.29) is 12.3 Å². The number of carbonyl (C=O) groups is 2. The van der Waals surface area contributed by atoms with Gasteiger partial charge in [-0.1, -0.05) is 0 Å². The quantitative estimate of drug-likeness (QED) is 0.841. The molecule has 110 valence electrons. The van der Waals surface area contributed by atoms with E-state index in [1.165, 1.54) is 24.3 Å². The van der Waals surface area contributed by atoms with E-state index >= 15 is 0 Å². The maximum Gasteiger partial charge on any atom is 0.387 e. The fourth-order valence-corrected chi connectivity index (χ4v) is 1.41. The average Bonchev–Trinajstić information content (AvgIpc) is 2.37. The van der Waals surface area contributed by atoms with Gasteiger partial charge in [-0.25, -0.2) is 4.79 Å². The molecule has 6 nitrogen and oxygen atoms in total. The molecule has 0 aromatic heterocycles. The molecule has 0 unspecified atom stereocenters. The number of rotatable bonds is 6. The van der Waals surface area contributed by atoms with Crippen molar-refractivity contribution in [1.29, 1.82) is 0 Å². The van der Waals surface area contributed by atoms with Gasteiger partial charge < -0.3 is 20.1 Å². The van der Waals surface area contributed by atoms with Crippen molar-refractivity contribution in [3.8, 4) is 5.75 Å². The molecule has 20 heavy (non-hydrogen) atoms. The molecule has 1 aromatic carbocycles. The lowest BCUT2D eigenvalue weighted by atomic mass is 10.3. The molecule has 8 heteroatoms. The van der Waals surface area contributed by atoms with Gasteiger partial charge in [0.05, 0.1) is 0 Å². The number of anilines is 1. The minimum Gasteiger partial charge on any atom is -0.480 e. The fraction of sp³-hybridized carbons (Fsp3) is 0.333. The summed E-state index contributed by atoms with van der Waals surface area (Å²) in [6, 6.07) is 4.72. The SMILES string of the molecule is CCN(CC(=O)O)C(=O)Nc1ccc(OC(F)F)cc1. The first-order valence-corrected chi connectivity index (χ1v) is 5.75. The van der Waals surface area contributed by atoms with E-state index in [9.17, 15) is 18.4 Å². The number of carboxylic acids is 1. The van der Waals surface area contributed by atoms with Crippen LogP contribution in [0.5, 0.6) is 5.75 Å². The van der Waals surface area contributed by atoms with Gasteiger partial charge in [-0.05, 0) is 31.2 Å². The Morgan fingerprint density at radius 3 is 2.40 bits per heavy atom. The molecular weight excluding hydrogens is 274 g/mol. The van der Waals surface area contributed by atoms with Crippen LogP contribution in [0.1, 0.15) is 6.92 Å². The Balaban J connectivity index is 2.63. The van der Waals surface area contributed by atoms with Crippen molar-refractivity contribution in [2.24, 2.45) is 0 Å². The van der Waals surface area contributed by atoms with E-state index < -0.39 is 25.2 Å². The minimum absolute atomic E-state index is 0.0316. The Kier molecular flexibility index (Phi) is 5.70. The molecule has 0 aliphatic heterocycles. The summed E-state index contributed by atoms with van der Waals surface area (Å²) < 4.78 is 28.1. The lowest BCUT2D eigenvalue weighted by Gasteiger charge is -2.19. The van der Waals surface area contributed by atoms with Crippen molar-refractivity contribution in [1.82, 2.24) is 4.90 Å². The Labute approximate surface area is 113 Å². The van der Waals surface area contributed by atoms with Gasteiger partial charge in [0.25, 0.3) is 0 Å². The van der Waals surface area contributed by atoms with Gasteiger partial charge in [-0.15, -0.1) is 0 Å². The predicted molar refractivity (Wildman–Crippen MR) is 67.0 cm³/mol. The van der Waals surface area contributed by atoms with E-state index in [1.807, 2.05) is 0 Å². The zero-order chi connectivity index (χ0) is 15.1. The maximum absolute atomic E-state index is 12.0. The largest absolute Gasteiger partial charge is 0.480 e. The van der Waals surface area contributed by atoms with Crippen molar-refractivity contribution in [3.05, 3.63) is 24.3 Å². The molecule has 1 aromatic rings. The number of likely N-dealkylation sites (N-methyl/N-ethyl adjacent to an activating group) is 1. The number of halogens is 2. The highest BCUT2D eigenvalue weighted by atomic mass is 19.3. The minimum atomic E-state index is -2.92. The standard InChI is InChI=1S/C12H14F2N2O4/c1-2-16(7-10(17)18)12(19)15-8-3-5-9(6-4-8)20-11(13)14/h3-6,11H,2,7H2,1H3,(H,15,19)(H,17,18). The summed E-state index contributed by atoms with van der Waals surface area (Å²) in [7, 11) is 0. The maximum atomic E-state index is 12.0. The topological polar surface area (TPSA) is 78.9 Å². The normalized spacial score (nSPS) is 10.2. The summed E-state index contributed by atoms with van der Waals surface area (Å²) in [6.07, 6.45) is 0. The molecule has 0 atom stereocenters. The van der Waals surface area contributed by atoms with Crippen LogP contribution in [0.3, 0.4) is 0 Å². The number of carboxylic acid groups (broad SMARTS) is 1. The smallest absolute Gasteiger partial charge is 0.387 e. The number of amides is 2. The molecular formula is C12H14F2N2O4. The molecule has 0 radical (unpaired) electrons. The summed E-state index contributed by atoms with van der Waals surface area (Å²) in [5.74, 6) is -1.15. The molecule has 0 aliphatic carbocycles. The Bertz CT molecular complexity index is 465. The van der Waals surface area contributed by atoms with Crippen molar-refractivity contribution in [2.45, 2.75) is 13.5 Å². The number of benzene rings is 1. The van der Waals surface area contributed by atoms with Gasteiger partial charge in [0.1, 0.15) is 12.3 Å². The molecule has 0 bridgehead atoms. The number of aliphatic carboxylic acids is 1. The zero-order valence-corrected chi connectivity index (χ0v) is 10.7. The highest BCUT2D eigenvalue weighted by molar-refractivity contribution is 5.91. The first kappa shape index (κ1) is 15.7. The second kappa shape index (κ2) is 7.27. The summed E-state index contributed by atoms with van der Waals surface area (Å²) in [5, 5.41) is 11.1. The van der Waals surface area contributed by atoms with Crippen LogP contribution >= 0.6 is 0 Å². The highest BCUT2D eigenvalue weighted by Crippen LogP contribution is 2.17. The van der Waals surface area contributed by atoms with E-state index in [4.69, 9.17) is 5.11 Å². The second-order valence-corrected chi connectivity index (χ2v) is 3.74. The van der Waals surface area contributed by atoms with Gasteiger partial charge in [0, 0.05) is 12.2 Å². The van der Waals surface area contributed by atoms with E-state index in [1.54, 1.807) is 6.92 Å². The van der Waals surface area contributed by atoms with Gasteiger partial charge >= 0.3 is 18.6 Å². The van der Waals surface area contributed by atoms with Crippen LogP contribution in [-0.2, 0) is 4.79 Å². The number of ether oxygens (including phenoxy) is 1. The third-order valence-corrected chi connectivity index (χ3v) is 2.33. The number of hydrogen-bond acceptors (Lipinski definition) is 3. The van der Waals surface area contributed by atoms with Crippen molar-refractivity contribution >= 4 is 17.7 Å². The molecule has 0 aliphatic rings. The van der Waals surface area contributed by atoms with Crippen LogP contribution in [0, 0.1) is 0 Å². The third-order valence-electron chi connectivity index (χ3n) is 2.33. The first-order chi connectivity index (χ1) is 9.42. The van der Waals surface area contributed by atoms with Crippen LogP contribution in [0.2, 0.25) is 0 Å². The Hall–Kier alpha value is -2.38. The van der Waals surface area contributed by atoms with Crippen LogP contribution in [0.4, 0.5) is 19.3 Å². The molecule has 0 fully saturated rings. The van der Waals surface area contributed by atoms with Crippen LogP contribution in [0.15, 0.2) is 24.3 Å². The summed E-state index contributed by atoms with van der Waals surface area (Å²) >= 11 is 0. The van der Waals surface area contributed by atoms with Crippen LogP contribution in [-0.4, -0.2) is 41.7 Å². The Morgan fingerprint density at radius 2 is 1.95 bits per heavy atom. The summed E-state index contributed by atoms with van der Waals surface area (Å²) in [6.45, 7) is -1.47. The molecule has 0 heterocycles. The monoisotopic (exact) mass is 288 g/mol. The lowest BCUT2D eigenvalue weighted by molar-refractivity contribution is -0.137. The van der Waals surface area contributed by atoms with E-state index in [0.29, 0.717) is 5.69 Å². The van der Waals surface area contributed by atoms with Crippen molar-refractivity contribution in [2.75, 3.05) is 18.4 Å². The number of nitrogens with zero attached hydrogens (tertiary/aromatic N) is 1. The van der Waals surface area contributed by atoms with E-state index in [0.717, 1.165) is 4.90 Å². The fourth-order valence-electron chi connectivity index (χ4n) is 1.41. The summed E-state index contributed by atoms with van der Waals surface area (Å²) in [4.78, 5) is 23.4. The van der Waals surface area contributed by atoms with E-state index in [2.05, 4.69) is 10.1 Å². The number of hydrogen-bond donors (Lipinski definition) is 2. The highest BCUT2D eigenvalue weighted by Gasteiger charge is 2.14. The number of alkyl halides is 2. The molecule has 0 saturated heterocycles. The molecule has 0 saturated carbocycles.